The summed E-state index contributed by atoms with van der Waals surface area (Å²) in [5.74, 6) is -0.519. The lowest BCUT2D eigenvalue weighted by Crippen LogP contribution is -2.14. The minimum absolute atomic E-state index is 0.0433. The van der Waals surface area contributed by atoms with Crippen molar-refractivity contribution >= 4 is 32.9 Å². The maximum Gasteiger partial charge on any atom is 0.261 e. The van der Waals surface area contributed by atoms with Gasteiger partial charge in [0.1, 0.15) is 10.8 Å². The molecule has 0 aliphatic carbocycles. The van der Waals surface area contributed by atoms with Gasteiger partial charge in [0.25, 0.3) is 10.0 Å². The van der Waals surface area contributed by atoms with Gasteiger partial charge in [-0.05, 0) is 30.3 Å². The molecule has 0 aromatic heterocycles. The Morgan fingerprint density at radius 1 is 1.15 bits per heavy atom. The van der Waals surface area contributed by atoms with Crippen LogP contribution < -0.4 is 10.5 Å². The monoisotopic (exact) mass is 310 g/mol. The van der Waals surface area contributed by atoms with Crippen LogP contribution in [0.15, 0.2) is 53.4 Å². The van der Waals surface area contributed by atoms with Crippen LogP contribution >= 0.6 is 12.2 Å². The molecule has 20 heavy (non-hydrogen) atoms. The largest absolute Gasteiger partial charge is 0.389 e. The van der Waals surface area contributed by atoms with Crippen LogP contribution in [-0.4, -0.2) is 13.4 Å². The lowest BCUT2D eigenvalue weighted by Gasteiger charge is -2.08. The highest BCUT2D eigenvalue weighted by Gasteiger charge is 2.14. The molecule has 0 radical (unpaired) electrons. The van der Waals surface area contributed by atoms with E-state index in [1.165, 1.54) is 42.5 Å². The fourth-order valence-electron chi connectivity index (χ4n) is 1.56. The molecule has 2 rings (SSSR count). The van der Waals surface area contributed by atoms with Crippen LogP contribution in [-0.2, 0) is 10.0 Å². The van der Waals surface area contributed by atoms with Crippen molar-refractivity contribution in [2.24, 2.45) is 5.73 Å². The van der Waals surface area contributed by atoms with E-state index in [2.05, 4.69) is 4.72 Å². The number of sulfonamides is 1. The van der Waals surface area contributed by atoms with E-state index in [0.717, 1.165) is 6.07 Å². The van der Waals surface area contributed by atoms with E-state index in [1.54, 1.807) is 0 Å². The first-order valence-electron chi connectivity index (χ1n) is 5.57. The Morgan fingerprint density at radius 2 is 1.80 bits per heavy atom. The molecule has 0 aliphatic heterocycles. The number of anilines is 1. The summed E-state index contributed by atoms with van der Waals surface area (Å²) in [6.07, 6.45) is 0. The molecule has 0 atom stereocenters. The third-order valence-corrected chi connectivity index (χ3v) is 4.16. The molecule has 0 saturated heterocycles. The van der Waals surface area contributed by atoms with E-state index in [-0.39, 0.29) is 15.6 Å². The van der Waals surface area contributed by atoms with Gasteiger partial charge in [-0.15, -0.1) is 0 Å². The van der Waals surface area contributed by atoms with Crippen molar-refractivity contribution in [2.45, 2.75) is 4.90 Å². The van der Waals surface area contributed by atoms with Gasteiger partial charge in [-0.3, -0.25) is 4.72 Å². The summed E-state index contributed by atoms with van der Waals surface area (Å²) >= 11 is 4.79. The number of benzene rings is 2. The summed E-state index contributed by atoms with van der Waals surface area (Å²) in [4.78, 5) is 0.230. The number of nitrogens with two attached hydrogens (primary N) is 1. The van der Waals surface area contributed by atoms with E-state index in [1.807, 2.05) is 0 Å². The Morgan fingerprint density at radius 3 is 2.35 bits per heavy atom. The molecule has 4 nitrogen and oxygen atoms in total. The molecule has 0 fully saturated rings. The van der Waals surface area contributed by atoms with Crippen LogP contribution in [0, 0.1) is 5.82 Å². The lowest BCUT2D eigenvalue weighted by atomic mass is 10.2. The van der Waals surface area contributed by atoms with Crippen LogP contribution in [0.1, 0.15) is 5.56 Å². The highest BCUT2D eigenvalue weighted by atomic mass is 32.2. The predicted molar refractivity (Wildman–Crippen MR) is 79.5 cm³/mol. The van der Waals surface area contributed by atoms with Gasteiger partial charge >= 0.3 is 0 Å². The van der Waals surface area contributed by atoms with Crippen LogP contribution in [0.4, 0.5) is 10.1 Å². The molecule has 2 aromatic rings. The number of rotatable bonds is 4. The summed E-state index contributed by atoms with van der Waals surface area (Å²) in [7, 11) is -3.77. The first-order valence-corrected chi connectivity index (χ1v) is 7.46. The molecule has 0 spiro atoms. The Kier molecular flexibility index (Phi) is 4.01. The average molecular weight is 310 g/mol. The SMILES string of the molecule is NC(=S)c1ccc(S(=O)(=O)Nc2cccc(F)c2)cc1. The maximum atomic E-state index is 13.0. The predicted octanol–water partition coefficient (Wildman–Crippen LogP) is 2.26. The molecule has 2 aromatic carbocycles. The molecule has 0 bridgehead atoms. The van der Waals surface area contributed by atoms with Gasteiger partial charge in [-0.2, -0.15) is 0 Å². The van der Waals surface area contributed by atoms with Crippen LogP contribution in [0.2, 0.25) is 0 Å². The van der Waals surface area contributed by atoms with Gasteiger partial charge in [-0.25, -0.2) is 12.8 Å². The number of nitrogens with one attached hydrogen (secondary N) is 1. The first kappa shape index (κ1) is 14.4. The quantitative estimate of drug-likeness (QED) is 0.850. The van der Waals surface area contributed by atoms with E-state index in [4.69, 9.17) is 18.0 Å². The first-order chi connectivity index (χ1) is 9.38. The van der Waals surface area contributed by atoms with Crippen molar-refractivity contribution in [3.05, 3.63) is 59.9 Å². The van der Waals surface area contributed by atoms with Crippen molar-refractivity contribution in [3.63, 3.8) is 0 Å². The molecule has 7 heteroatoms. The van der Waals surface area contributed by atoms with Crippen molar-refractivity contribution in [1.29, 1.82) is 0 Å². The molecule has 0 aliphatic rings. The van der Waals surface area contributed by atoms with Gasteiger partial charge in [-0.1, -0.05) is 30.4 Å². The molecular formula is C13H11FN2O2S2. The fraction of sp³-hybridized carbons (Fsp3) is 0. The molecule has 104 valence electrons. The number of thiocarbonyl (C=S) groups is 1. The summed E-state index contributed by atoms with van der Waals surface area (Å²) in [5.41, 5.74) is 6.17. The minimum Gasteiger partial charge on any atom is -0.389 e. The van der Waals surface area contributed by atoms with Crippen molar-refractivity contribution in [3.8, 4) is 0 Å². The summed E-state index contributed by atoms with van der Waals surface area (Å²) < 4.78 is 39.5. The zero-order valence-electron chi connectivity index (χ0n) is 10.2. The van der Waals surface area contributed by atoms with Crippen molar-refractivity contribution in [2.75, 3.05) is 4.72 Å². The van der Waals surface area contributed by atoms with Crippen LogP contribution in [0.25, 0.3) is 0 Å². The van der Waals surface area contributed by atoms with E-state index in [9.17, 15) is 12.8 Å². The van der Waals surface area contributed by atoms with Crippen molar-refractivity contribution in [1.82, 2.24) is 0 Å². The zero-order chi connectivity index (χ0) is 14.8. The van der Waals surface area contributed by atoms with E-state index in [0.29, 0.717) is 5.56 Å². The number of halogens is 1. The van der Waals surface area contributed by atoms with Gasteiger partial charge in [0, 0.05) is 5.56 Å². The fourth-order valence-corrected chi connectivity index (χ4v) is 2.75. The van der Waals surface area contributed by atoms with Crippen LogP contribution in [0.5, 0.6) is 0 Å². The summed E-state index contributed by atoms with van der Waals surface area (Å²) in [6.45, 7) is 0. The third-order valence-electron chi connectivity index (χ3n) is 2.53. The van der Waals surface area contributed by atoms with Gasteiger partial charge in [0.05, 0.1) is 10.6 Å². The third kappa shape index (κ3) is 3.31. The molecule has 0 amide bonds. The topological polar surface area (TPSA) is 72.2 Å². The molecule has 3 N–H and O–H groups in total. The zero-order valence-corrected chi connectivity index (χ0v) is 11.8. The van der Waals surface area contributed by atoms with Gasteiger partial charge in [0.15, 0.2) is 0 Å². The average Bonchev–Trinajstić information content (AvgIpc) is 2.38. The Balaban J connectivity index is 2.28. The number of hydrogen-bond acceptors (Lipinski definition) is 3. The van der Waals surface area contributed by atoms with Gasteiger partial charge < -0.3 is 5.73 Å². The Bertz CT molecular complexity index is 743. The van der Waals surface area contributed by atoms with E-state index >= 15 is 0 Å². The normalized spacial score (nSPS) is 11.1. The summed E-state index contributed by atoms with van der Waals surface area (Å²) in [6, 6.07) is 11.0. The highest BCUT2D eigenvalue weighted by molar-refractivity contribution is 7.92. The molecule has 0 unspecified atom stereocenters. The molecule has 0 heterocycles. The van der Waals surface area contributed by atoms with Crippen LogP contribution in [0.3, 0.4) is 0 Å². The second-order valence-electron chi connectivity index (χ2n) is 4.00. The Labute approximate surface area is 121 Å². The standard InChI is InChI=1S/C13H11FN2O2S2/c14-10-2-1-3-11(8-10)16-20(17,18)12-6-4-9(5-7-12)13(15)19/h1-8,16H,(H2,15,19). The number of hydrogen-bond donors (Lipinski definition) is 2. The lowest BCUT2D eigenvalue weighted by molar-refractivity contribution is 0.601. The molecule has 0 saturated carbocycles. The Hall–Kier alpha value is -1.99. The van der Waals surface area contributed by atoms with E-state index < -0.39 is 15.8 Å². The maximum absolute atomic E-state index is 13.0. The summed E-state index contributed by atoms with van der Waals surface area (Å²) in [5, 5.41) is 0. The highest BCUT2D eigenvalue weighted by Crippen LogP contribution is 2.17. The second kappa shape index (κ2) is 5.56. The minimum atomic E-state index is -3.77. The molecular weight excluding hydrogens is 299 g/mol. The van der Waals surface area contributed by atoms with Crippen molar-refractivity contribution < 1.29 is 12.8 Å². The van der Waals surface area contributed by atoms with Gasteiger partial charge in [0.2, 0.25) is 0 Å². The second-order valence-corrected chi connectivity index (χ2v) is 6.13. The smallest absolute Gasteiger partial charge is 0.261 e.